The number of ether oxygens (including phenoxy) is 1. The molecule has 0 aliphatic rings. The van der Waals surface area contributed by atoms with Crippen molar-refractivity contribution in [1.29, 1.82) is 0 Å². The fourth-order valence-corrected chi connectivity index (χ4v) is 1.29. The van der Waals surface area contributed by atoms with E-state index in [1.54, 1.807) is 7.11 Å². The van der Waals surface area contributed by atoms with Crippen LogP contribution in [0.3, 0.4) is 0 Å². The maximum Gasteiger partial charge on any atom is 0.0597 e. The van der Waals surface area contributed by atoms with Gasteiger partial charge in [0.15, 0.2) is 0 Å². The predicted octanol–water partition coefficient (Wildman–Crippen LogP) is -0.0765. The lowest BCUT2D eigenvalue weighted by molar-refractivity contribution is 0.111. The molecule has 0 saturated carbocycles. The maximum absolute atomic E-state index is 9.06. The Hall–Kier alpha value is -0.160. The van der Waals surface area contributed by atoms with Gasteiger partial charge < -0.3 is 15.2 Å². The third-order valence-corrected chi connectivity index (χ3v) is 2.40. The van der Waals surface area contributed by atoms with Crippen LogP contribution in [0.25, 0.3) is 0 Å². The number of aliphatic hydroxyl groups excluding tert-OH is 1. The van der Waals surface area contributed by atoms with Crippen LogP contribution in [0.1, 0.15) is 13.8 Å². The summed E-state index contributed by atoms with van der Waals surface area (Å²) in [5.41, 5.74) is 0. The number of nitrogens with one attached hydrogen (secondary N) is 1. The number of hydrogen-bond acceptors (Lipinski definition) is 4. The number of aliphatic hydroxyl groups is 1. The second-order valence-electron chi connectivity index (χ2n) is 3.75. The smallest absolute Gasteiger partial charge is 0.0597 e. The molecule has 0 aromatic rings. The first-order valence-electron chi connectivity index (χ1n) is 5.16. The van der Waals surface area contributed by atoms with Gasteiger partial charge in [-0.05, 0) is 20.9 Å². The van der Waals surface area contributed by atoms with Gasteiger partial charge in [-0.2, -0.15) is 0 Å². The highest BCUT2D eigenvalue weighted by Gasteiger charge is 2.14. The summed E-state index contributed by atoms with van der Waals surface area (Å²) in [4.78, 5) is 2.29. The molecule has 0 aliphatic carbocycles. The Morgan fingerprint density at radius 2 is 2.07 bits per heavy atom. The lowest BCUT2D eigenvalue weighted by Gasteiger charge is -2.29. The van der Waals surface area contributed by atoms with Crippen LogP contribution in [0.2, 0.25) is 0 Å². The van der Waals surface area contributed by atoms with Gasteiger partial charge in [-0.25, -0.2) is 0 Å². The summed E-state index contributed by atoms with van der Waals surface area (Å²) in [7, 11) is 3.58. The highest BCUT2D eigenvalue weighted by molar-refractivity contribution is 4.72. The van der Waals surface area contributed by atoms with Crippen molar-refractivity contribution in [1.82, 2.24) is 10.2 Å². The van der Waals surface area contributed by atoms with E-state index in [-0.39, 0.29) is 12.6 Å². The first-order chi connectivity index (χ1) is 6.65. The van der Waals surface area contributed by atoms with E-state index < -0.39 is 0 Å². The summed E-state index contributed by atoms with van der Waals surface area (Å²) in [6.07, 6.45) is 0. The normalized spacial score (nSPS) is 13.9. The van der Waals surface area contributed by atoms with Gasteiger partial charge in [0.25, 0.3) is 0 Å². The Kier molecular flexibility index (Phi) is 8.08. The second kappa shape index (κ2) is 8.17. The van der Waals surface area contributed by atoms with Crippen LogP contribution in [0.5, 0.6) is 0 Å². The molecule has 0 aromatic carbocycles. The van der Waals surface area contributed by atoms with Crippen molar-refractivity contribution in [3.05, 3.63) is 0 Å². The molecule has 1 atom stereocenters. The quantitative estimate of drug-likeness (QED) is 0.581. The molecular formula is C10H24N2O2. The maximum atomic E-state index is 9.06. The lowest BCUT2D eigenvalue weighted by atomic mass is 10.2. The number of rotatable bonds is 8. The topological polar surface area (TPSA) is 44.7 Å². The van der Waals surface area contributed by atoms with E-state index in [0.29, 0.717) is 6.04 Å². The van der Waals surface area contributed by atoms with Gasteiger partial charge >= 0.3 is 0 Å². The summed E-state index contributed by atoms with van der Waals surface area (Å²) in [5.74, 6) is 0. The van der Waals surface area contributed by atoms with Crippen LogP contribution < -0.4 is 5.32 Å². The van der Waals surface area contributed by atoms with E-state index in [2.05, 4.69) is 24.1 Å². The molecule has 0 heterocycles. The zero-order valence-corrected chi connectivity index (χ0v) is 9.79. The number of hydrogen-bond donors (Lipinski definition) is 2. The zero-order chi connectivity index (χ0) is 11.0. The molecule has 1 unspecified atom stereocenters. The Labute approximate surface area is 87.2 Å². The minimum atomic E-state index is 0.147. The third kappa shape index (κ3) is 5.54. The predicted molar refractivity (Wildman–Crippen MR) is 58.5 cm³/mol. The van der Waals surface area contributed by atoms with E-state index in [4.69, 9.17) is 9.84 Å². The highest BCUT2D eigenvalue weighted by atomic mass is 16.5. The Morgan fingerprint density at radius 3 is 2.43 bits per heavy atom. The molecule has 0 amide bonds. The van der Waals surface area contributed by atoms with Crippen LogP contribution in [0.4, 0.5) is 0 Å². The van der Waals surface area contributed by atoms with Crippen LogP contribution in [-0.4, -0.2) is 62.6 Å². The summed E-state index contributed by atoms with van der Waals surface area (Å²) < 4.78 is 5.05. The van der Waals surface area contributed by atoms with Crippen molar-refractivity contribution in [2.45, 2.75) is 25.9 Å². The fourth-order valence-electron chi connectivity index (χ4n) is 1.29. The minimum Gasteiger partial charge on any atom is -0.395 e. The van der Waals surface area contributed by atoms with E-state index in [1.165, 1.54) is 0 Å². The van der Waals surface area contributed by atoms with Gasteiger partial charge in [0.1, 0.15) is 0 Å². The molecule has 0 aliphatic heterocycles. The molecule has 0 bridgehead atoms. The Morgan fingerprint density at radius 1 is 1.43 bits per heavy atom. The van der Waals surface area contributed by atoms with Gasteiger partial charge in [0, 0.05) is 32.3 Å². The molecule has 2 N–H and O–H groups in total. The number of likely N-dealkylation sites (N-methyl/N-ethyl adjacent to an activating group) is 1. The number of methoxy groups -OCH3 is 1. The molecule has 0 aromatic heterocycles. The molecule has 86 valence electrons. The van der Waals surface area contributed by atoms with Crippen molar-refractivity contribution in [2.75, 3.05) is 40.5 Å². The highest BCUT2D eigenvalue weighted by Crippen LogP contribution is 1.99. The van der Waals surface area contributed by atoms with E-state index in [9.17, 15) is 0 Å². The minimum absolute atomic E-state index is 0.147. The van der Waals surface area contributed by atoms with Crippen molar-refractivity contribution in [3.63, 3.8) is 0 Å². The largest absolute Gasteiger partial charge is 0.395 e. The monoisotopic (exact) mass is 204 g/mol. The van der Waals surface area contributed by atoms with Crippen LogP contribution in [0.15, 0.2) is 0 Å². The van der Waals surface area contributed by atoms with Gasteiger partial charge in [0.2, 0.25) is 0 Å². The molecule has 0 fully saturated rings. The molecule has 0 radical (unpaired) electrons. The Bertz CT molecular complexity index is 127. The SMILES string of the molecule is CNC(CO)CN(CCOC)C(C)C. The van der Waals surface area contributed by atoms with Gasteiger partial charge in [0.05, 0.1) is 13.2 Å². The third-order valence-electron chi connectivity index (χ3n) is 2.40. The molecule has 0 saturated heterocycles. The van der Waals surface area contributed by atoms with E-state index in [1.807, 2.05) is 7.05 Å². The summed E-state index contributed by atoms with van der Waals surface area (Å²) in [5, 5.41) is 12.1. The zero-order valence-electron chi connectivity index (χ0n) is 9.79. The van der Waals surface area contributed by atoms with E-state index >= 15 is 0 Å². The standard InChI is InChI=1S/C10H24N2O2/c1-9(2)12(5-6-14-4)7-10(8-13)11-3/h9-11,13H,5-8H2,1-4H3. The average molecular weight is 204 g/mol. The molecular weight excluding hydrogens is 180 g/mol. The fraction of sp³-hybridized carbons (Fsp3) is 1.00. The lowest BCUT2D eigenvalue weighted by Crippen LogP contribution is -2.45. The molecule has 4 heteroatoms. The summed E-state index contributed by atoms with van der Waals surface area (Å²) >= 11 is 0. The van der Waals surface area contributed by atoms with Crippen LogP contribution >= 0.6 is 0 Å². The van der Waals surface area contributed by atoms with Crippen molar-refractivity contribution in [3.8, 4) is 0 Å². The molecule has 14 heavy (non-hydrogen) atoms. The molecule has 0 spiro atoms. The second-order valence-corrected chi connectivity index (χ2v) is 3.75. The first-order valence-corrected chi connectivity index (χ1v) is 5.16. The van der Waals surface area contributed by atoms with Gasteiger partial charge in [-0.15, -0.1) is 0 Å². The summed E-state index contributed by atoms with van der Waals surface area (Å²) in [6, 6.07) is 0.627. The van der Waals surface area contributed by atoms with Crippen LogP contribution in [-0.2, 0) is 4.74 Å². The van der Waals surface area contributed by atoms with Crippen molar-refractivity contribution in [2.24, 2.45) is 0 Å². The Balaban J connectivity index is 3.93. The van der Waals surface area contributed by atoms with Gasteiger partial charge in [-0.1, -0.05) is 0 Å². The van der Waals surface area contributed by atoms with Crippen molar-refractivity contribution < 1.29 is 9.84 Å². The molecule has 0 rings (SSSR count). The average Bonchev–Trinajstić information content (AvgIpc) is 2.18. The van der Waals surface area contributed by atoms with Crippen LogP contribution in [0, 0.1) is 0 Å². The van der Waals surface area contributed by atoms with Gasteiger partial charge in [-0.3, -0.25) is 4.90 Å². The van der Waals surface area contributed by atoms with Crippen molar-refractivity contribution >= 4 is 0 Å². The molecule has 4 nitrogen and oxygen atoms in total. The van der Waals surface area contributed by atoms with E-state index in [0.717, 1.165) is 19.7 Å². The summed E-state index contributed by atoms with van der Waals surface area (Å²) in [6.45, 7) is 6.98. The first kappa shape index (κ1) is 13.8. The number of nitrogens with zero attached hydrogens (tertiary/aromatic N) is 1.